The summed E-state index contributed by atoms with van der Waals surface area (Å²) in [6.07, 6.45) is 0. The Kier molecular flexibility index (Phi) is 8.87. The zero-order chi connectivity index (χ0) is 39.8. The molecule has 0 N–H and O–H groups in total. The summed E-state index contributed by atoms with van der Waals surface area (Å²) in [6.45, 7) is 0. The molecule has 0 spiro atoms. The Bertz CT molecular complexity index is 3160. The third kappa shape index (κ3) is 6.41. The normalized spacial score (nSPS) is 11.3. The lowest BCUT2D eigenvalue weighted by Gasteiger charge is -2.26. The summed E-state index contributed by atoms with van der Waals surface area (Å²) < 4.78 is 6.95. The van der Waals surface area contributed by atoms with Crippen molar-refractivity contribution in [2.24, 2.45) is 0 Å². The van der Waals surface area contributed by atoms with Gasteiger partial charge in [-0.15, -0.1) is 0 Å². The molecule has 0 aliphatic carbocycles. The number of rotatable bonds is 8. The van der Waals surface area contributed by atoms with Crippen molar-refractivity contribution in [3.63, 3.8) is 0 Å². The van der Waals surface area contributed by atoms with E-state index < -0.39 is 0 Å². The Labute approximate surface area is 349 Å². The molecule has 0 aliphatic rings. The summed E-state index contributed by atoms with van der Waals surface area (Å²) >= 11 is 0. The van der Waals surface area contributed by atoms with Crippen LogP contribution < -0.4 is 4.90 Å². The topological polar surface area (TPSA) is 16.4 Å². The highest BCUT2D eigenvalue weighted by Crippen LogP contribution is 2.45. The molecule has 2 nitrogen and oxygen atoms in total. The molecular formula is C58H39NO. The van der Waals surface area contributed by atoms with Gasteiger partial charge in [-0.2, -0.15) is 0 Å². The molecule has 0 saturated heterocycles. The number of hydrogen-bond donors (Lipinski definition) is 0. The molecule has 1 heterocycles. The molecule has 282 valence electrons. The van der Waals surface area contributed by atoms with Crippen LogP contribution in [0.2, 0.25) is 0 Å². The minimum atomic E-state index is 0.899. The molecule has 0 saturated carbocycles. The van der Waals surface area contributed by atoms with E-state index in [1.54, 1.807) is 0 Å². The first-order valence-corrected chi connectivity index (χ1v) is 20.5. The van der Waals surface area contributed by atoms with Gasteiger partial charge < -0.3 is 9.32 Å². The minimum Gasteiger partial charge on any atom is -0.455 e. The highest BCUT2D eigenvalue weighted by molar-refractivity contribution is 6.21. The van der Waals surface area contributed by atoms with Gasteiger partial charge in [0.1, 0.15) is 11.2 Å². The average Bonchev–Trinajstić information content (AvgIpc) is 3.72. The lowest BCUT2D eigenvalue weighted by Crippen LogP contribution is -2.09. The molecule has 0 unspecified atom stereocenters. The summed E-state index contributed by atoms with van der Waals surface area (Å²) in [5.41, 5.74) is 16.7. The van der Waals surface area contributed by atoms with E-state index in [2.05, 4.69) is 241 Å². The zero-order valence-corrected chi connectivity index (χ0v) is 32.9. The van der Waals surface area contributed by atoms with Crippen LogP contribution in [0.1, 0.15) is 0 Å². The van der Waals surface area contributed by atoms with E-state index in [1.807, 2.05) is 0 Å². The number of anilines is 3. The van der Waals surface area contributed by atoms with Gasteiger partial charge in [-0.25, -0.2) is 0 Å². The van der Waals surface area contributed by atoms with Crippen LogP contribution in [-0.2, 0) is 0 Å². The third-order valence-electron chi connectivity index (χ3n) is 11.7. The second-order valence-corrected chi connectivity index (χ2v) is 15.3. The largest absolute Gasteiger partial charge is 0.455 e. The van der Waals surface area contributed by atoms with Crippen molar-refractivity contribution in [3.8, 4) is 55.6 Å². The summed E-state index contributed by atoms with van der Waals surface area (Å²) in [4.78, 5) is 2.34. The van der Waals surface area contributed by atoms with Crippen LogP contribution in [0, 0.1) is 0 Å². The maximum Gasteiger partial charge on any atom is 0.143 e. The fourth-order valence-corrected chi connectivity index (χ4v) is 8.67. The molecule has 0 aliphatic heterocycles. The second-order valence-electron chi connectivity index (χ2n) is 15.3. The summed E-state index contributed by atoms with van der Waals surface area (Å²) in [7, 11) is 0. The van der Waals surface area contributed by atoms with Crippen molar-refractivity contribution in [3.05, 3.63) is 237 Å². The van der Waals surface area contributed by atoms with E-state index in [1.165, 1.54) is 38.8 Å². The van der Waals surface area contributed by atoms with E-state index in [-0.39, 0.29) is 0 Å². The minimum absolute atomic E-state index is 0.899. The molecular weight excluding hydrogens is 727 g/mol. The van der Waals surface area contributed by atoms with Crippen LogP contribution >= 0.6 is 0 Å². The summed E-state index contributed by atoms with van der Waals surface area (Å²) in [5, 5.41) is 4.51. The Hall–Kier alpha value is -7.94. The maximum absolute atomic E-state index is 6.95. The average molecular weight is 766 g/mol. The van der Waals surface area contributed by atoms with Gasteiger partial charge in [-0.05, 0) is 110 Å². The van der Waals surface area contributed by atoms with Crippen molar-refractivity contribution in [1.82, 2.24) is 0 Å². The fraction of sp³-hybridized carbons (Fsp3) is 0. The van der Waals surface area contributed by atoms with Gasteiger partial charge in [-0.3, -0.25) is 0 Å². The smallest absolute Gasteiger partial charge is 0.143 e. The lowest BCUT2D eigenvalue weighted by molar-refractivity contribution is 0.674. The third-order valence-corrected chi connectivity index (χ3v) is 11.7. The van der Waals surface area contributed by atoms with Gasteiger partial charge in [0.05, 0.1) is 0 Å². The number of furan rings is 1. The van der Waals surface area contributed by atoms with Gasteiger partial charge in [-0.1, -0.05) is 182 Å². The quantitative estimate of drug-likeness (QED) is 0.153. The Morgan fingerprint density at radius 1 is 0.233 bits per heavy atom. The maximum atomic E-state index is 6.95. The first-order valence-electron chi connectivity index (χ1n) is 20.5. The lowest BCUT2D eigenvalue weighted by atomic mass is 9.93. The van der Waals surface area contributed by atoms with E-state index in [4.69, 9.17) is 4.42 Å². The number of fused-ring (bicyclic) bond motifs is 5. The molecule has 10 aromatic carbocycles. The Balaban J connectivity index is 1.05. The molecule has 0 radical (unpaired) electrons. The van der Waals surface area contributed by atoms with Crippen LogP contribution in [0.25, 0.3) is 88.3 Å². The van der Waals surface area contributed by atoms with Crippen LogP contribution in [0.3, 0.4) is 0 Å². The van der Waals surface area contributed by atoms with E-state index in [0.717, 1.165) is 66.6 Å². The monoisotopic (exact) mass is 765 g/mol. The van der Waals surface area contributed by atoms with Gasteiger partial charge in [0, 0.05) is 38.8 Å². The number of nitrogens with zero attached hydrogens (tertiary/aromatic N) is 1. The van der Waals surface area contributed by atoms with Crippen LogP contribution in [-0.4, -0.2) is 0 Å². The van der Waals surface area contributed by atoms with E-state index >= 15 is 0 Å². The summed E-state index contributed by atoms with van der Waals surface area (Å²) in [6, 6.07) is 84.7. The van der Waals surface area contributed by atoms with E-state index in [0.29, 0.717) is 0 Å². The van der Waals surface area contributed by atoms with Crippen molar-refractivity contribution in [1.29, 1.82) is 0 Å². The van der Waals surface area contributed by atoms with Crippen LogP contribution in [0.15, 0.2) is 241 Å². The predicted molar refractivity (Wildman–Crippen MR) is 253 cm³/mol. The van der Waals surface area contributed by atoms with Gasteiger partial charge in [0.2, 0.25) is 0 Å². The molecule has 60 heavy (non-hydrogen) atoms. The highest BCUT2D eigenvalue weighted by Gasteiger charge is 2.20. The standard InChI is InChI=1S/C58H39NO/c1-5-15-40(16-6-1)42-25-31-48(32-26-42)59(49-33-27-43(28-34-49)41-17-7-2-8-18-41)50-35-29-44(30-36-50)47-37-54(46-21-11-4-12-22-46)58-55(38-47)56-39-53(45-19-9-3-10-20-45)51-23-13-14-24-52(51)57(56)60-58/h1-39H. The molecule has 11 aromatic rings. The number of hydrogen-bond acceptors (Lipinski definition) is 2. The van der Waals surface area contributed by atoms with Crippen molar-refractivity contribution in [2.75, 3.05) is 4.90 Å². The summed E-state index contributed by atoms with van der Waals surface area (Å²) in [5.74, 6) is 0. The molecule has 0 fully saturated rings. The Morgan fingerprint density at radius 2 is 0.600 bits per heavy atom. The molecule has 0 amide bonds. The van der Waals surface area contributed by atoms with Crippen LogP contribution in [0.4, 0.5) is 17.1 Å². The first-order chi connectivity index (χ1) is 29.7. The molecule has 11 rings (SSSR count). The zero-order valence-electron chi connectivity index (χ0n) is 32.9. The number of benzene rings is 10. The van der Waals surface area contributed by atoms with Gasteiger partial charge >= 0.3 is 0 Å². The Morgan fingerprint density at radius 3 is 1.08 bits per heavy atom. The fourth-order valence-electron chi connectivity index (χ4n) is 8.67. The van der Waals surface area contributed by atoms with Crippen molar-refractivity contribution < 1.29 is 4.42 Å². The second kappa shape index (κ2) is 15.1. The van der Waals surface area contributed by atoms with Crippen LogP contribution in [0.5, 0.6) is 0 Å². The molecule has 2 heteroatoms. The van der Waals surface area contributed by atoms with Crippen molar-refractivity contribution >= 4 is 49.8 Å². The van der Waals surface area contributed by atoms with E-state index in [9.17, 15) is 0 Å². The molecule has 0 bridgehead atoms. The molecule has 1 aromatic heterocycles. The molecule has 0 atom stereocenters. The SMILES string of the molecule is c1ccc(-c2ccc(N(c3ccc(-c4ccccc4)cc3)c3ccc(-c4cc(-c5ccccc5)c5oc6c7ccccc7c(-c7ccccc7)cc6c5c4)cc3)cc2)cc1. The highest BCUT2D eigenvalue weighted by atomic mass is 16.3. The van der Waals surface area contributed by atoms with Gasteiger partial charge in [0.25, 0.3) is 0 Å². The predicted octanol–water partition coefficient (Wildman–Crippen LogP) is 16.5. The van der Waals surface area contributed by atoms with Crippen molar-refractivity contribution in [2.45, 2.75) is 0 Å². The van der Waals surface area contributed by atoms with Gasteiger partial charge in [0.15, 0.2) is 0 Å². The first kappa shape index (κ1) is 35.2.